The van der Waals surface area contributed by atoms with Gasteiger partial charge >= 0.3 is 5.97 Å². The smallest absolute Gasteiger partial charge is 0.343 e. The minimum Gasteiger partial charge on any atom is -0.423 e. The zero-order valence-electron chi connectivity index (χ0n) is 19.0. The summed E-state index contributed by atoms with van der Waals surface area (Å²) in [6, 6.07) is 19.2. The molecule has 1 heterocycles. The van der Waals surface area contributed by atoms with E-state index in [-0.39, 0.29) is 10.7 Å². The highest BCUT2D eigenvalue weighted by atomic mass is 35.5. The Morgan fingerprint density at radius 1 is 0.941 bits per heavy atom. The van der Waals surface area contributed by atoms with Crippen LogP contribution in [0.5, 0.6) is 5.75 Å². The summed E-state index contributed by atoms with van der Waals surface area (Å²) in [4.78, 5) is 39.3. The standard InChI is InChI=1S/C27H23ClN2O4/c1-4-18-6-12-21(13-7-18)34-27(33)19-8-10-20(11-9-19)29-24-23(28)25(31)30(26(24)32)22-14-5-16(2)15-17(22)3/h5-15,29H,4H2,1-3H3. The molecule has 2 amide bonds. The lowest BCUT2D eigenvalue weighted by Gasteiger charge is -2.18. The van der Waals surface area contributed by atoms with E-state index >= 15 is 0 Å². The van der Waals surface area contributed by atoms with Crippen molar-refractivity contribution >= 4 is 40.8 Å². The Morgan fingerprint density at radius 3 is 2.24 bits per heavy atom. The van der Waals surface area contributed by atoms with E-state index in [1.807, 2.05) is 38.1 Å². The number of anilines is 2. The van der Waals surface area contributed by atoms with Gasteiger partial charge in [0.15, 0.2) is 0 Å². The number of ether oxygens (including phenoxy) is 1. The first-order chi connectivity index (χ1) is 16.3. The van der Waals surface area contributed by atoms with Crippen LogP contribution in [0.15, 0.2) is 77.5 Å². The first kappa shape index (κ1) is 23.3. The van der Waals surface area contributed by atoms with Crippen molar-refractivity contribution < 1.29 is 19.1 Å². The summed E-state index contributed by atoms with van der Waals surface area (Å²) in [5, 5.41) is 2.72. The van der Waals surface area contributed by atoms with Gasteiger partial charge in [-0.15, -0.1) is 0 Å². The van der Waals surface area contributed by atoms with E-state index in [1.165, 1.54) is 0 Å². The van der Waals surface area contributed by atoms with E-state index in [0.717, 1.165) is 28.0 Å². The second-order valence-corrected chi connectivity index (χ2v) is 8.39. The third kappa shape index (κ3) is 4.58. The van der Waals surface area contributed by atoms with Crippen LogP contribution in [0, 0.1) is 13.8 Å². The van der Waals surface area contributed by atoms with Crippen molar-refractivity contribution in [2.75, 3.05) is 10.2 Å². The van der Waals surface area contributed by atoms with Crippen LogP contribution in [0.2, 0.25) is 0 Å². The second kappa shape index (κ2) is 9.53. The minimum atomic E-state index is -0.588. The molecule has 0 bridgehead atoms. The average molecular weight is 475 g/mol. The highest BCUT2D eigenvalue weighted by Gasteiger charge is 2.39. The maximum atomic E-state index is 13.0. The number of nitrogens with zero attached hydrogens (tertiary/aromatic N) is 1. The monoisotopic (exact) mass is 474 g/mol. The third-order valence-corrected chi connectivity index (χ3v) is 5.90. The van der Waals surface area contributed by atoms with Gasteiger partial charge in [-0.2, -0.15) is 0 Å². The van der Waals surface area contributed by atoms with Crippen molar-refractivity contribution in [2.45, 2.75) is 27.2 Å². The molecular formula is C27H23ClN2O4. The van der Waals surface area contributed by atoms with Gasteiger partial charge in [-0.1, -0.05) is 48.4 Å². The Balaban J connectivity index is 1.47. The normalized spacial score (nSPS) is 13.5. The predicted molar refractivity (Wildman–Crippen MR) is 132 cm³/mol. The molecule has 34 heavy (non-hydrogen) atoms. The molecule has 0 atom stereocenters. The van der Waals surface area contributed by atoms with Gasteiger partial charge in [-0.25, -0.2) is 9.69 Å². The number of aryl methyl sites for hydroxylation is 3. The molecule has 0 aromatic heterocycles. The predicted octanol–water partition coefficient (Wildman–Crippen LogP) is 5.52. The summed E-state index contributed by atoms with van der Waals surface area (Å²) < 4.78 is 5.41. The lowest BCUT2D eigenvalue weighted by atomic mass is 10.1. The number of imide groups is 1. The Kier molecular flexibility index (Phi) is 6.52. The number of halogens is 1. The van der Waals surface area contributed by atoms with Crippen molar-refractivity contribution in [3.63, 3.8) is 0 Å². The summed E-state index contributed by atoms with van der Waals surface area (Å²) in [5.41, 5.74) is 4.28. The molecule has 1 aliphatic heterocycles. The molecule has 1 N–H and O–H groups in total. The maximum absolute atomic E-state index is 13.0. The van der Waals surface area contributed by atoms with Crippen LogP contribution >= 0.6 is 11.6 Å². The SMILES string of the molecule is CCc1ccc(OC(=O)c2ccc(NC3=C(Cl)C(=O)N(c4ccc(C)cc4C)C3=O)cc2)cc1. The number of benzene rings is 3. The first-order valence-electron chi connectivity index (χ1n) is 10.8. The third-order valence-electron chi connectivity index (χ3n) is 5.55. The van der Waals surface area contributed by atoms with E-state index in [4.69, 9.17) is 16.3 Å². The summed E-state index contributed by atoms with van der Waals surface area (Å²) in [6.45, 7) is 5.82. The minimum absolute atomic E-state index is 0.0158. The van der Waals surface area contributed by atoms with Gasteiger partial charge < -0.3 is 10.1 Å². The molecule has 0 spiro atoms. The van der Waals surface area contributed by atoms with E-state index in [0.29, 0.717) is 22.7 Å². The molecule has 0 unspecified atom stereocenters. The van der Waals surface area contributed by atoms with Crippen molar-refractivity contribution in [3.05, 3.63) is 99.7 Å². The highest BCUT2D eigenvalue weighted by Crippen LogP contribution is 2.32. The number of carbonyl (C=O) groups is 3. The molecule has 0 aliphatic carbocycles. The van der Waals surface area contributed by atoms with Gasteiger partial charge in [0.25, 0.3) is 11.8 Å². The van der Waals surface area contributed by atoms with Crippen LogP contribution in [0.1, 0.15) is 34.0 Å². The molecule has 3 aromatic rings. The van der Waals surface area contributed by atoms with Gasteiger partial charge in [-0.3, -0.25) is 9.59 Å². The molecule has 0 saturated heterocycles. The summed E-state index contributed by atoms with van der Waals surface area (Å²) in [5.74, 6) is -1.17. The fraction of sp³-hybridized carbons (Fsp3) is 0.148. The summed E-state index contributed by atoms with van der Waals surface area (Å²) >= 11 is 6.23. The van der Waals surface area contributed by atoms with Gasteiger partial charge in [-0.05, 0) is 73.9 Å². The molecule has 1 aliphatic rings. The zero-order valence-corrected chi connectivity index (χ0v) is 19.8. The Bertz CT molecular complexity index is 1310. The van der Waals surface area contributed by atoms with Gasteiger partial charge in [0.05, 0.1) is 11.3 Å². The van der Waals surface area contributed by atoms with Crippen LogP contribution < -0.4 is 15.0 Å². The summed E-state index contributed by atoms with van der Waals surface area (Å²) in [7, 11) is 0. The van der Waals surface area contributed by atoms with Gasteiger partial charge in [0, 0.05) is 5.69 Å². The topological polar surface area (TPSA) is 75.7 Å². The number of rotatable bonds is 6. The molecule has 6 nitrogen and oxygen atoms in total. The number of esters is 1. The van der Waals surface area contributed by atoms with E-state index < -0.39 is 17.8 Å². The van der Waals surface area contributed by atoms with Crippen LogP contribution in [-0.2, 0) is 16.0 Å². The molecule has 0 radical (unpaired) electrons. The summed E-state index contributed by atoms with van der Waals surface area (Å²) in [6.07, 6.45) is 0.902. The fourth-order valence-corrected chi connectivity index (χ4v) is 3.89. The maximum Gasteiger partial charge on any atom is 0.343 e. The molecule has 172 valence electrons. The van der Waals surface area contributed by atoms with Crippen molar-refractivity contribution in [1.29, 1.82) is 0 Å². The average Bonchev–Trinajstić information content (AvgIpc) is 3.03. The van der Waals surface area contributed by atoms with E-state index in [9.17, 15) is 14.4 Å². The molecule has 3 aromatic carbocycles. The Labute approximate surface area is 202 Å². The van der Waals surface area contributed by atoms with Gasteiger partial charge in [0.2, 0.25) is 0 Å². The second-order valence-electron chi connectivity index (χ2n) is 8.01. The number of amides is 2. The van der Waals surface area contributed by atoms with E-state index in [2.05, 4.69) is 12.2 Å². The number of hydrogen-bond donors (Lipinski definition) is 1. The van der Waals surface area contributed by atoms with Crippen molar-refractivity contribution in [3.8, 4) is 5.75 Å². The molecule has 4 rings (SSSR count). The van der Waals surface area contributed by atoms with Crippen LogP contribution in [0.4, 0.5) is 11.4 Å². The first-order valence-corrected chi connectivity index (χ1v) is 11.2. The Hall–Kier alpha value is -3.90. The fourth-order valence-electron chi connectivity index (χ4n) is 3.68. The van der Waals surface area contributed by atoms with Crippen LogP contribution in [0.3, 0.4) is 0 Å². The Morgan fingerprint density at radius 2 is 1.62 bits per heavy atom. The van der Waals surface area contributed by atoms with Crippen molar-refractivity contribution in [1.82, 2.24) is 0 Å². The quantitative estimate of drug-likeness (QED) is 0.289. The lowest BCUT2D eigenvalue weighted by Crippen LogP contribution is -2.32. The zero-order chi connectivity index (χ0) is 24.4. The van der Waals surface area contributed by atoms with Crippen LogP contribution in [0.25, 0.3) is 0 Å². The van der Waals surface area contributed by atoms with Gasteiger partial charge in [0.1, 0.15) is 16.5 Å². The van der Waals surface area contributed by atoms with E-state index in [1.54, 1.807) is 42.5 Å². The van der Waals surface area contributed by atoms with Crippen LogP contribution in [-0.4, -0.2) is 17.8 Å². The molecule has 0 fully saturated rings. The molecular weight excluding hydrogens is 452 g/mol. The highest BCUT2D eigenvalue weighted by molar-refractivity contribution is 6.53. The molecule has 7 heteroatoms. The number of nitrogens with one attached hydrogen (secondary N) is 1. The number of hydrogen-bond acceptors (Lipinski definition) is 5. The molecule has 0 saturated carbocycles. The van der Waals surface area contributed by atoms with Crippen molar-refractivity contribution in [2.24, 2.45) is 0 Å². The largest absolute Gasteiger partial charge is 0.423 e. The lowest BCUT2D eigenvalue weighted by molar-refractivity contribution is -0.120. The number of carbonyl (C=O) groups excluding carboxylic acids is 3.